The minimum absolute atomic E-state index is 0.604. The summed E-state index contributed by atoms with van der Waals surface area (Å²) in [4.78, 5) is 0. The van der Waals surface area contributed by atoms with Gasteiger partial charge in [0.25, 0.3) is 0 Å². The number of hydrogen-bond acceptors (Lipinski definition) is 2. The van der Waals surface area contributed by atoms with Crippen LogP contribution in [0.3, 0.4) is 0 Å². The van der Waals surface area contributed by atoms with Gasteiger partial charge < -0.3 is 10.1 Å². The first kappa shape index (κ1) is 16.3. The molecule has 2 nitrogen and oxygen atoms in total. The predicted molar refractivity (Wildman–Crippen MR) is 92.4 cm³/mol. The van der Waals surface area contributed by atoms with Gasteiger partial charge in [0.1, 0.15) is 11.5 Å². The van der Waals surface area contributed by atoms with E-state index in [0.29, 0.717) is 10.8 Å². The highest BCUT2D eigenvalue weighted by molar-refractivity contribution is 9.10. The van der Waals surface area contributed by atoms with Gasteiger partial charge in [-0.3, -0.25) is 0 Å². The smallest absolute Gasteiger partial charge is 0.147 e. The van der Waals surface area contributed by atoms with Crippen LogP contribution in [0, 0.1) is 6.92 Å². The molecule has 0 radical (unpaired) electrons. The van der Waals surface area contributed by atoms with Gasteiger partial charge in [-0.2, -0.15) is 0 Å². The Morgan fingerprint density at radius 1 is 1.14 bits per heavy atom. The van der Waals surface area contributed by atoms with Gasteiger partial charge in [0.15, 0.2) is 0 Å². The van der Waals surface area contributed by atoms with Gasteiger partial charge in [0.05, 0.1) is 5.02 Å². The van der Waals surface area contributed by atoms with Crippen molar-refractivity contribution in [2.45, 2.75) is 26.8 Å². The fourth-order valence-electron chi connectivity index (χ4n) is 1.95. The van der Waals surface area contributed by atoms with Crippen LogP contribution < -0.4 is 10.1 Å². The molecule has 2 rings (SSSR count). The van der Waals surface area contributed by atoms with Crippen LogP contribution in [0.5, 0.6) is 11.5 Å². The fourth-order valence-corrected chi connectivity index (χ4v) is 2.44. The number of rotatable bonds is 6. The molecule has 0 aliphatic carbocycles. The van der Waals surface area contributed by atoms with Gasteiger partial charge in [-0.25, -0.2) is 0 Å². The van der Waals surface area contributed by atoms with E-state index in [4.69, 9.17) is 16.3 Å². The van der Waals surface area contributed by atoms with Gasteiger partial charge >= 0.3 is 0 Å². The van der Waals surface area contributed by atoms with Gasteiger partial charge in [-0.1, -0.05) is 46.6 Å². The van der Waals surface area contributed by atoms with Gasteiger partial charge in [-0.15, -0.1) is 0 Å². The molecule has 1 N–H and O–H groups in total. The van der Waals surface area contributed by atoms with E-state index in [1.807, 2.05) is 25.1 Å². The maximum atomic E-state index is 6.18. The van der Waals surface area contributed by atoms with Crippen molar-refractivity contribution in [1.29, 1.82) is 0 Å². The molecule has 0 unspecified atom stereocenters. The average molecular weight is 369 g/mol. The van der Waals surface area contributed by atoms with Crippen molar-refractivity contribution >= 4 is 27.5 Å². The summed E-state index contributed by atoms with van der Waals surface area (Å²) in [5, 5.41) is 4.00. The average Bonchev–Trinajstić information content (AvgIpc) is 2.46. The lowest BCUT2D eigenvalue weighted by atomic mass is 10.1. The zero-order valence-corrected chi connectivity index (χ0v) is 14.6. The topological polar surface area (TPSA) is 21.3 Å². The summed E-state index contributed by atoms with van der Waals surface area (Å²) >= 11 is 9.62. The molecule has 0 bridgehead atoms. The Morgan fingerprint density at radius 2 is 1.95 bits per heavy atom. The van der Waals surface area contributed by atoms with Crippen molar-refractivity contribution in [1.82, 2.24) is 5.32 Å². The van der Waals surface area contributed by atoms with Crippen molar-refractivity contribution in [3.05, 3.63) is 57.0 Å². The van der Waals surface area contributed by atoms with E-state index in [1.165, 1.54) is 5.56 Å². The maximum absolute atomic E-state index is 6.18. The summed E-state index contributed by atoms with van der Waals surface area (Å²) < 4.78 is 6.92. The lowest BCUT2D eigenvalue weighted by molar-refractivity contribution is 0.477. The van der Waals surface area contributed by atoms with E-state index in [1.54, 1.807) is 0 Å². The van der Waals surface area contributed by atoms with Gasteiger partial charge in [0.2, 0.25) is 0 Å². The summed E-state index contributed by atoms with van der Waals surface area (Å²) in [6.07, 6.45) is 1.13. The van der Waals surface area contributed by atoms with Crippen LogP contribution >= 0.6 is 27.5 Å². The third kappa shape index (κ3) is 4.73. The molecule has 0 atom stereocenters. The quantitative estimate of drug-likeness (QED) is 0.660. The van der Waals surface area contributed by atoms with Crippen LogP contribution in [0.25, 0.3) is 0 Å². The summed E-state index contributed by atoms with van der Waals surface area (Å²) in [6.45, 7) is 6.05. The Kier molecular flexibility index (Phi) is 6.09. The molecule has 4 heteroatoms. The first-order valence-corrected chi connectivity index (χ1v) is 8.20. The van der Waals surface area contributed by atoms with Crippen LogP contribution in [-0.2, 0) is 6.54 Å². The van der Waals surface area contributed by atoms with E-state index >= 15 is 0 Å². The maximum Gasteiger partial charge on any atom is 0.147 e. The number of benzene rings is 2. The molecule has 0 fully saturated rings. The lowest BCUT2D eigenvalue weighted by Gasteiger charge is -2.12. The standard InChI is InChI=1S/C17H19BrClNO/c1-3-8-20-11-13-5-4-12(2)16(9-13)21-17-10-14(18)6-7-15(17)19/h4-7,9-10,20H,3,8,11H2,1-2H3. The normalized spacial score (nSPS) is 10.7. The highest BCUT2D eigenvalue weighted by Gasteiger charge is 2.07. The second-order valence-corrected chi connectivity index (χ2v) is 6.28. The Balaban J connectivity index is 2.18. The molecule has 0 heterocycles. The fraction of sp³-hybridized carbons (Fsp3) is 0.294. The molecule has 0 saturated carbocycles. The Hall–Kier alpha value is -1.03. The van der Waals surface area contributed by atoms with Crippen LogP contribution in [-0.4, -0.2) is 6.54 Å². The number of ether oxygens (including phenoxy) is 1. The highest BCUT2D eigenvalue weighted by Crippen LogP contribution is 2.33. The molecule has 0 spiro atoms. The van der Waals surface area contributed by atoms with Crippen LogP contribution in [0.1, 0.15) is 24.5 Å². The van der Waals surface area contributed by atoms with E-state index in [2.05, 4.69) is 46.4 Å². The Morgan fingerprint density at radius 3 is 2.71 bits per heavy atom. The lowest BCUT2D eigenvalue weighted by Crippen LogP contribution is -2.13. The Labute approximate surface area is 139 Å². The minimum Gasteiger partial charge on any atom is -0.455 e. The molecule has 0 aromatic heterocycles. The number of nitrogens with one attached hydrogen (secondary N) is 1. The van der Waals surface area contributed by atoms with Gasteiger partial charge in [-0.05, 0) is 55.3 Å². The first-order chi connectivity index (χ1) is 10.1. The van der Waals surface area contributed by atoms with Crippen molar-refractivity contribution in [2.75, 3.05) is 6.54 Å². The van der Waals surface area contributed by atoms with E-state index < -0.39 is 0 Å². The SMILES string of the molecule is CCCNCc1ccc(C)c(Oc2cc(Br)ccc2Cl)c1. The molecule has 0 saturated heterocycles. The largest absolute Gasteiger partial charge is 0.455 e. The molecule has 2 aromatic rings. The molecule has 112 valence electrons. The summed E-state index contributed by atoms with van der Waals surface area (Å²) in [7, 11) is 0. The summed E-state index contributed by atoms with van der Waals surface area (Å²) in [6, 6.07) is 11.9. The zero-order chi connectivity index (χ0) is 15.2. The monoisotopic (exact) mass is 367 g/mol. The second kappa shape index (κ2) is 7.83. The summed E-state index contributed by atoms with van der Waals surface area (Å²) in [5.74, 6) is 1.50. The number of aryl methyl sites for hydroxylation is 1. The van der Waals surface area contributed by atoms with Crippen LogP contribution in [0.15, 0.2) is 40.9 Å². The number of halogens is 2. The molecule has 21 heavy (non-hydrogen) atoms. The van der Waals surface area contributed by atoms with E-state index in [0.717, 1.165) is 35.3 Å². The number of hydrogen-bond donors (Lipinski definition) is 1. The molecular formula is C17H19BrClNO. The first-order valence-electron chi connectivity index (χ1n) is 7.03. The summed E-state index contributed by atoms with van der Waals surface area (Å²) in [5.41, 5.74) is 2.29. The zero-order valence-electron chi connectivity index (χ0n) is 12.2. The molecule has 0 amide bonds. The molecule has 0 aliphatic heterocycles. The van der Waals surface area contributed by atoms with Crippen LogP contribution in [0.2, 0.25) is 5.02 Å². The molecular weight excluding hydrogens is 350 g/mol. The minimum atomic E-state index is 0.604. The highest BCUT2D eigenvalue weighted by atomic mass is 79.9. The molecule has 0 aliphatic rings. The van der Waals surface area contributed by atoms with E-state index in [9.17, 15) is 0 Å². The third-order valence-corrected chi connectivity index (χ3v) is 3.93. The molecule has 2 aromatic carbocycles. The van der Waals surface area contributed by atoms with Gasteiger partial charge in [0, 0.05) is 11.0 Å². The van der Waals surface area contributed by atoms with Crippen LogP contribution in [0.4, 0.5) is 0 Å². The Bertz CT molecular complexity index is 616. The second-order valence-electron chi connectivity index (χ2n) is 4.95. The van der Waals surface area contributed by atoms with Crippen molar-refractivity contribution in [3.8, 4) is 11.5 Å². The third-order valence-electron chi connectivity index (χ3n) is 3.12. The van der Waals surface area contributed by atoms with Crippen molar-refractivity contribution < 1.29 is 4.74 Å². The van der Waals surface area contributed by atoms with Crippen molar-refractivity contribution in [2.24, 2.45) is 0 Å². The van der Waals surface area contributed by atoms with E-state index in [-0.39, 0.29) is 0 Å². The predicted octanol–water partition coefficient (Wildman–Crippen LogP) is 5.70. The van der Waals surface area contributed by atoms with Crippen molar-refractivity contribution in [3.63, 3.8) is 0 Å².